The van der Waals surface area contributed by atoms with Gasteiger partial charge in [-0.15, -0.1) is 0 Å². The molecule has 0 unspecified atom stereocenters. The highest BCUT2D eigenvalue weighted by Crippen LogP contribution is 2.26. The fourth-order valence-electron chi connectivity index (χ4n) is 2.09. The van der Waals surface area contributed by atoms with Crippen LogP contribution in [0.15, 0.2) is 43.7 Å². The molecule has 1 aliphatic heterocycles. The highest BCUT2D eigenvalue weighted by Gasteiger charge is 2.34. The van der Waals surface area contributed by atoms with Crippen LogP contribution < -0.4 is 22.5 Å². The maximum atomic E-state index is 11.4. The highest BCUT2D eigenvalue weighted by molar-refractivity contribution is 4.88. The number of aliphatic hydroxyl groups excluding tert-OH is 2. The topological polar surface area (TPSA) is 170 Å². The average molecular weight is 340 g/mol. The molecular formula is C13H16N4O7. The number of aliphatic hydroxyl groups is 2. The van der Waals surface area contributed by atoms with Gasteiger partial charge >= 0.3 is 11.4 Å². The summed E-state index contributed by atoms with van der Waals surface area (Å²) in [6.45, 7) is -0.310. The number of H-pyrrole nitrogens is 3. The van der Waals surface area contributed by atoms with E-state index in [1.54, 1.807) is 0 Å². The Kier molecular flexibility index (Phi) is 5.63. The molecule has 5 N–H and O–H groups in total. The molecule has 3 rings (SSSR count). The van der Waals surface area contributed by atoms with Crippen LogP contribution in [-0.2, 0) is 4.74 Å². The second kappa shape index (κ2) is 7.68. The molecule has 11 nitrogen and oxygen atoms in total. The monoisotopic (exact) mass is 340 g/mol. The van der Waals surface area contributed by atoms with E-state index in [1.165, 1.54) is 29.1 Å². The molecule has 0 aliphatic carbocycles. The Bertz CT molecular complexity index is 871. The van der Waals surface area contributed by atoms with Crippen LogP contribution in [0.2, 0.25) is 0 Å². The van der Waals surface area contributed by atoms with E-state index in [9.17, 15) is 24.3 Å². The quantitative estimate of drug-likeness (QED) is 0.394. The Labute approximate surface area is 133 Å². The third kappa shape index (κ3) is 4.38. The summed E-state index contributed by atoms with van der Waals surface area (Å²) in [6, 6.07) is 2.44. The predicted molar refractivity (Wildman–Crippen MR) is 80.6 cm³/mol. The molecule has 0 saturated carbocycles. The second-order valence-electron chi connectivity index (χ2n) is 4.93. The Morgan fingerprint density at radius 2 is 1.88 bits per heavy atom. The first-order valence-electron chi connectivity index (χ1n) is 6.94. The molecule has 130 valence electrons. The van der Waals surface area contributed by atoms with Crippen molar-refractivity contribution >= 4 is 0 Å². The minimum atomic E-state index is -0.811. The van der Waals surface area contributed by atoms with E-state index < -0.39 is 35.4 Å². The summed E-state index contributed by atoms with van der Waals surface area (Å²) < 4.78 is 6.45. The predicted octanol–water partition coefficient (Wildman–Crippen LogP) is -2.76. The van der Waals surface area contributed by atoms with Gasteiger partial charge in [0.2, 0.25) is 0 Å². The number of nitrogens with one attached hydrogen (secondary N) is 3. The molecule has 0 radical (unpaired) electrons. The zero-order chi connectivity index (χ0) is 17.7. The minimum Gasteiger partial charge on any atom is -0.394 e. The van der Waals surface area contributed by atoms with Crippen LogP contribution in [0.5, 0.6) is 0 Å². The van der Waals surface area contributed by atoms with Crippen molar-refractivity contribution < 1.29 is 14.9 Å². The van der Waals surface area contributed by atoms with Gasteiger partial charge in [0.15, 0.2) is 0 Å². The smallest absolute Gasteiger partial charge is 0.330 e. The summed E-state index contributed by atoms with van der Waals surface area (Å²) in [4.78, 5) is 49.0. The average Bonchev–Trinajstić information content (AvgIpc) is 2.88. The molecule has 3 heterocycles. The van der Waals surface area contributed by atoms with Crippen molar-refractivity contribution in [1.82, 2.24) is 19.5 Å². The maximum absolute atomic E-state index is 11.4. The van der Waals surface area contributed by atoms with Crippen molar-refractivity contribution in [3.63, 3.8) is 0 Å². The van der Waals surface area contributed by atoms with Crippen molar-refractivity contribution in [2.75, 3.05) is 6.61 Å². The SMILES string of the molecule is O=c1cc[nH]c(=O)[nH]1.O=c1ccn([C@H]2C[C@H](O)[C@@H](CO)O2)c(=O)[nH]1. The molecular weight excluding hydrogens is 324 g/mol. The van der Waals surface area contributed by atoms with Crippen LogP contribution in [0.4, 0.5) is 0 Å². The largest absolute Gasteiger partial charge is 0.394 e. The Morgan fingerprint density at radius 1 is 1.17 bits per heavy atom. The van der Waals surface area contributed by atoms with Crippen molar-refractivity contribution in [1.29, 1.82) is 0 Å². The second-order valence-corrected chi connectivity index (χ2v) is 4.93. The number of hydrogen-bond acceptors (Lipinski definition) is 7. The Balaban J connectivity index is 0.000000219. The summed E-state index contributed by atoms with van der Waals surface area (Å²) in [5.74, 6) is 0. The molecule has 24 heavy (non-hydrogen) atoms. The van der Waals surface area contributed by atoms with Gasteiger partial charge in [0.1, 0.15) is 12.3 Å². The molecule has 0 aromatic carbocycles. The lowest BCUT2D eigenvalue weighted by molar-refractivity contribution is -0.0459. The summed E-state index contributed by atoms with van der Waals surface area (Å²) in [6.07, 6.45) is 0.644. The lowest BCUT2D eigenvalue weighted by Gasteiger charge is -2.13. The van der Waals surface area contributed by atoms with Gasteiger partial charge in [-0.1, -0.05) is 0 Å². The number of rotatable bonds is 2. The first-order chi connectivity index (χ1) is 11.4. The van der Waals surface area contributed by atoms with Crippen LogP contribution in [0.25, 0.3) is 0 Å². The van der Waals surface area contributed by atoms with Crippen molar-refractivity contribution in [3.8, 4) is 0 Å². The first kappa shape index (κ1) is 17.6. The maximum Gasteiger partial charge on any atom is 0.330 e. The van der Waals surface area contributed by atoms with Crippen LogP contribution in [0, 0.1) is 0 Å². The molecule has 11 heteroatoms. The van der Waals surface area contributed by atoms with Crippen LogP contribution >= 0.6 is 0 Å². The Hall–Kier alpha value is -2.76. The van der Waals surface area contributed by atoms with E-state index in [4.69, 9.17) is 9.84 Å². The van der Waals surface area contributed by atoms with E-state index in [2.05, 4.69) is 9.97 Å². The highest BCUT2D eigenvalue weighted by atomic mass is 16.5. The molecule has 1 aliphatic rings. The van der Waals surface area contributed by atoms with Crippen molar-refractivity contribution in [3.05, 3.63) is 66.2 Å². The van der Waals surface area contributed by atoms with Gasteiger partial charge in [-0.2, -0.15) is 0 Å². The van der Waals surface area contributed by atoms with Crippen LogP contribution in [-0.4, -0.2) is 48.5 Å². The summed E-state index contributed by atoms with van der Waals surface area (Å²) in [5.41, 5.74) is -1.94. The number of aromatic amines is 3. The van der Waals surface area contributed by atoms with Crippen LogP contribution in [0.3, 0.4) is 0 Å². The lowest BCUT2D eigenvalue weighted by atomic mass is 10.2. The molecule has 1 saturated heterocycles. The molecule has 1 fully saturated rings. The molecule has 3 atom stereocenters. The van der Waals surface area contributed by atoms with Gasteiger partial charge in [-0.25, -0.2) is 9.59 Å². The zero-order valence-corrected chi connectivity index (χ0v) is 12.3. The number of hydrogen-bond donors (Lipinski definition) is 5. The van der Waals surface area contributed by atoms with Gasteiger partial charge in [-0.05, 0) is 0 Å². The zero-order valence-electron chi connectivity index (χ0n) is 12.3. The molecule has 0 spiro atoms. The normalized spacial score (nSPS) is 22.7. The third-order valence-electron chi connectivity index (χ3n) is 3.23. The first-order valence-corrected chi connectivity index (χ1v) is 6.94. The van der Waals surface area contributed by atoms with E-state index >= 15 is 0 Å². The van der Waals surface area contributed by atoms with E-state index in [-0.39, 0.29) is 18.6 Å². The third-order valence-corrected chi connectivity index (χ3v) is 3.23. The molecule has 2 aromatic heterocycles. The lowest BCUT2D eigenvalue weighted by Crippen LogP contribution is -2.31. The number of nitrogens with zero attached hydrogens (tertiary/aromatic N) is 1. The summed E-state index contributed by atoms with van der Waals surface area (Å²) in [7, 11) is 0. The molecule has 2 aromatic rings. The van der Waals surface area contributed by atoms with Crippen molar-refractivity contribution in [2.24, 2.45) is 0 Å². The van der Waals surface area contributed by atoms with E-state index in [1.807, 2.05) is 4.98 Å². The fraction of sp³-hybridized carbons (Fsp3) is 0.385. The Morgan fingerprint density at radius 3 is 2.38 bits per heavy atom. The fourth-order valence-corrected chi connectivity index (χ4v) is 2.09. The molecule has 0 bridgehead atoms. The van der Waals surface area contributed by atoms with Gasteiger partial charge in [-0.3, -0.25) is 24.1 Å². The summed E-state index contributed by atoms with van der Waals surface area (Å²) >= 11 is 0. The van der Waals surface area contributed by atoms with Crippen LogP contribution in [0.1, 0.15) is 12.6 Å². The number of ether oxygens (including phenoxy) is 1. The van der Waals surface area contributed by atoms with Crippen molar-refractivity contribution in [2.45, 2.75) is 24.9 Å². The minimum absolute atomic E-state index is 0.206. The van der Waals surface area contributed by atoms with E-state index in [0.29, 0.717) is 0 Å². The van der Waals surface area contributed by atoms with E-state index in [0.717, 1.165) is 0 Å². The van der Waals surface area contributed by atoms with Gasteiger partial charge in [0.25, 0.3) is 11.1 Å². The standard InChI is InChI=1S/C9H12N2O5.C4H4N2O2/c12-4-6-5(13)3-8(16-6)11-2-1-7(14)10-9(11)15;7-3-1-2-5-4(8)6-3/h1-2,5-6,8,12-13H,3-4H2,(H,10,14,15);1-2H,(H2,5,6,7,8)/t5-,6+,8+;/m0./s1. The summed E-state index contributed by atoms with van der Waals surface area (Å²) in [5, 5.41) is 18.4. The number of aromatic nitrogens is 4. The van der Waals surface area contributed by atoms with Gasteiger partial charge in [0, 0.05) is 30.9 Å². The molecule has 0 amide bonds. The van der Waals surface area contributed by atoms with Gasteiger partial charge in [0.05, 0.1) is 12.7 Å². The van der Waals surface area contributed by atoms with Gasteiger partial charge < -0.3 is 19.9 Å².